The van der Waals surface area contributed by atoms with Crippen molar-refractivity contribution in [3.8, 4) is 0 Å². The van der Waals surface area contributed by atoms with Gasteiger partial charge in [-0.25, -0.2) is 0 Å². The Morgan fingerprint density at radius 1 is 1.17 bits per heavy atom. The molecule has 0 aliphatic carbocycles. The molecule has 3 N–H and O–H groups in total. The minimum Gasteiger partial charge on any atom is -0.397 e. The Morgan fingerprint density at radius 3 is 2.72 bits per heavy atom. The normalized spacial score (nSPS) is 10.3. The van der Waals surface area contributed by atoms with Crippen LogP contribution in [0, 0.1) is 0 Å². The summed E-state index contributed by atoms with van der Waals surface area (Å²) >= 11 is 5.96. The number of halogens is 1. The van der Waals surface area contributed by atoms with Gasteiger partial charge in [0, 0.05) is 23.4 Å². The van der Waals surface area contributed by atoms with Crippen molar-refractivity contribution in [3.63, 3.8) is 0 Å². The van der Waals surface area contributed by atoms with Crippen LogP contribution in [0.2, 0.25) is 5.02 Å². The number of rotatable bonds is 4. The van der Waals surface area contributed by atoms with Crippen LogP contribution in [-0.4, -0.2) is 7.11 Å². The van der Waals surface area contributed by atoms with Crippen molar-refractivity contribution in [2.45, 2.75) is 6.61 Å². The second-order valence-electron chi connectivity index (χ2n) is 3.95. The van der Waals surface area contributed by atoms with Crippen LogP contribution >= 0.6 is 11.6 Å². The van der Waals surface area contributed by atoms with Crippen molar-refractivity contribution in [2.24, 2.45) is 0 Å². The van der Waals surface area contributed by atoms with Gasteiger partial charge in [0.2, 0.25) is 0 Å². The van der Waals surface area contributed by atoms with E-state index in [9.17, 15) is 0 Å². The number of anilines is 3. The summed E-state index contributed by atoms with van der Waals surface area (Å²) in [5.74, 6) is 0. The van der Waals surface area contributed by atoms with E-state index < -0.39 is 0 Å². The molecule has 0 bridgehead atoms. The first-order chi connectivity index (χ1) is 8.70. The Hall–Kier alpha value is -1.71. The monoisotopic (exact) mass is 262 g/mol. The van der Waals surface area contributed by atoms with E-state index in [0.717, 1.165) is 16.9 Å². The largest absolute Gasteiger partial charge is 0.397 e. The highest BCUT2D eigenvalue weighted by atomic mass is 35.5. The number of nitrogens with one attached hydrogen (secondary N) is 1. The summed E-state index contributed by atoms with van der Waals surface area (Å²) in [6.45, 7) is 0.545. The molecule has 0 unspecified atom stereocenters. The molecule has 0 saturated heterocycles. The predicted octanol–water partition coefficient (Wildman–Crippen LogP) is 3.81. The number of hydrogen-bond acceptors (Lipinski definition) is 3. The SMILES string of the molecule is COCc1ccccc1Nc1cc(Cl)ccc1N. The average molecular weight is 263 g/mol. The molecular weight excluding hydrogens is 248 g/mol. The Bertz CT molecular complexity index is 543. The number of nitrogen functional groups attached to an aromatic ring is 1. The molecule has 2 aromatic rings. The second kappa shape index (κ2) is 5.76. The number of methoxy groups -OCH3 is 1. The van der Waals surface area contributed by atoms with Crippen LogP contribution in [0.15, 0.2) is 42.5 Å². The quantitative estimate of drug-likeness (QED) is 0.824. The first-order valence-electron chi connectivity index (χ1n) is 5.59. The summed E-state index contributed by atoms with van der Waals surface area (Å²) in [4.78, 5) is 0. The molecule has 0 aromatic heterocycles. The molecule has 0 saturated carbocycles. The zero-order valence-electron chi connectivity index (χ0n) is 10.1. The summed E-state index contributed by atoms with van der Waals surface area (Å²) in [6, 6.07) is 13.3. The number of benzene rings is 2. The van der Waals surface area contributed by atoms with Crippen molar-refractivity contribution in [1.82, 2.24) is 0 Å². The van der Waals surface area contributed by atoms with Gasteiger partial charge in [-0.2, -0.15) is 0 Å². The number of ether oxygens (including phenoxy) is 1. The Morgan fingerprint density at radius 2 is 1.94 bits per heavy atom. The van der Waals surface area contributed by atoms with Crippen LogP contribution in [0.1, 0.15) is 5.56 Å². The number of para-hydroxylation sites is 1. The van der Waals surface area contributed by atoms with Gasteiger partial charge in [0.05, 0.1) is 18.0 Å². The van der Waals surface area contributed by atoms with Gasteiger partial charge in [0.15, 0.2) is 0 Å². The molecule has 4 heteroatoms. The molecule has 94 valence electrons. The molecule has 0 heterocycles. The highest BCUT2D eigenvalue weighted by Gasteiger charge is 2.04. The number of nitrogens with two attached hydrogens (primary N) is 1. The third-order valence-electron chi connectivity index (χ3n) is 2.60. The molecule has 0 aliphatic heterocycles. The molecule has 0 radical (unpaired) electrons. The maximum atomic E-state index is 5.96. The maximum Gasteiger partial charge on any atom is 0.0733 e. The van der Waals surface area contributed by atoms with E-state index in [2.05, 4.69) is 5.32 Å². The first kappa shape index (κ1) is 12.7. The van der Waals surface area contributed by atoms with Gasteiger partial charge < -0.3 is 15.8 Å². The zero-order chi connectivity index (χ0) is 13.0. The summed E-state index contributed by atoms with van der Waals surface area (Å²) in [6.07, 6.45) is 0. The van der Waals surface area contributed by atoms with Crippen LogP contribution in [0.25, 0.3) is 0 Å². The zero-order valence-corrected chi connectivity index (χ0v) is 10.9. The van der Waals surface area contributed by atoms with Crippen LogP contribution in [0.3, 0.4) is 0 Å². The van der Waals surface area contributed by atoms with Gasteiger partial charge in [0.25, 0.3) is 0 Å². The fraction of sp³-hybridized carbons (Fsp3) is 0.143. The minimum atomic E-state index is 0.545. The van der Waals surface area contributed by atoms with Crippen molar-refractivity contribution < 1.29 is 4.74 Å². The Kier molecular flexibility index (Phi) is 4.07. The van der Waals surface area contributed by atoms with Crippen molar-refractivity contribution in [1.29, 1.82) is 0 Å². The Labute approximate surface area is 112 Å². The van der Waals surface area contributed by atoms with E-state index in [1.807, 2.05) is 24.3 Å². The van der Waals surface area contributed by atoms with Crippen LogP contribution in [-0.2, 0) is 11.3 Å². The Balaban J connectivity index is 2.30. The smallest absolute Gasteiger partial charge is 0.0733 e. The molecule has 2 aromatic carbocycles. The van der Waals surface area contributed by atoms with Gasteiger partial charge in [-0.05, 0) is 24.3 Å². The van der Waals surface area contributed by atoms with Crippen molar-refractivity contribution in [2.75, 3.05) is 18.2 Å². The molecule has 0 amide bonds. The van der Waals surface area contributed by atoms with E-state index in [-0.39, 0.29) is 0 Å². The molecule has 18 heavy (non-hydrogen) atoms. The summed E-state index contributed by atoms with van der Waals surface area (Å²) in [5.41, 5.74) is 9.40. The van der Waals surface area contributed by atoms with Gasteiger partial charge in [-0.3, -0.25) is 0 Å². The lowest BCUT2D eigenvalue weighted by Gasteiger charge is -2.13. The van der Waals surface area contributed by atoms with Gasteiger partial charge in [-0.1, -0.05) is 29.8 Å². The second-order valence-corrected chi connectivity index (χ2v) is 4.38. The molecule has 0 spiro atoms. The topological polar surface area (TPSA) is 47.3 Å². The third-order valence-corrected chi connectivity index (χ3v) is 2.84. The highest BCUT2D eigenvalue weighted by Crippen LogP contribution is 2.28. The van der Waals surface area contributed by atoms with Crippen molar-refractivity contribution >= 4 is 28.7 Å². The van der Waals surface area contributed by atoms with E-state index in [0.29, 0.717) is 17.3 Å². The molecule has 0 fully saturated rings. The van der Waals surface area contributed by atoms with Crippen LogP contribution in [0.4, 0.5) is 17.1 Å². The third kappa shape index (κ3) is 2.94. The first-order valence-corrected chi connectivity index (χ1v) is 5.97. The summed E-state index contributed by atoms with van der Waals surface area (Å²) in [5, 5.41) is 3.93. The van der Waals surface area contributed by atoms with Crippen LogP contribution in [0.5, 0.6) is 0 Å². The molecule has 3 nitrogen and oxygen atoms in total. The standard InChI is InChI=1S/C14H15ClN2O/c1-18-9-10-4-2-3-5-13(10)17-14-8-11(15)6-7-12(14)16/h2-8,17H,9,16H2,1H3. The molecule has 0 aliphatic rings. The molecule has 2 rings (SSSR count). The van der Waals surface area contributed by atoms with E-state index in [1.165, 1.54) is 0 Å². The van der Waals surface area contributed by atoms with Crippen LogP contribution < -0.4 is 11.1 Å². The van der Waals surface area contributed by atoms with Gasteiger partial charge in [0.1, 0.15) is 0 Å². The fourth-order valence-electron chi connectivity index (χ4n) is 1.71. The minimum absolute atomic E-state index is 0.545. The van der Waals surface area contributed by atoms with Gasteiger partial charge in [-0.15, -0.1) is 0 Å². The van der Waals surface area contributed by atoms with E-state index in [4.69, 9.17) is 22.1 Å². The van der Waals surface area contributed by atoms with Gasteiger partial charge >= 0.3 is 0 Å². The van der Waals surface area contributed by atoms with E-state index >= 15 is 0 Å². The molecular formula is C14H15ClN2O. The summed E-state index contributed by atoms with van der Waals surface area (Å²) in [7, 11) is 1.67. The van der Waals surface area contributed by atoms with E-state index in [1.54, 1.807) is 25.3 Å². The average Bonchev–Trinajstić information content (AvgIpc) is 2.36. The lowest BCUT2D eigenvalue weighted by molar-refractivity contribution is 0.185. The lowest BCUT2D eigenvalue weighted by Crippen LogP contribution is -2.00. The highest BCUT2D eigenvalue weighted by molar-refractivity contribution is 6.31. The van der Waals surface area contributed by atoms with Crippen molar-refractivity contribution in [3.05, 3.63) is 53.1 Å². The summed E-state index contributed by atoms with van der Waals surface area (Å²) < 4.78 is 5.16. The predicted molar refractivity (Wildman–Crippen MR) is 76.3 cm³/mol. The fourth-order valence-corrected chi connectivity index (χ4v) is 1.88. The molecule has 0 atom stereocenters. The lowest BCUT2D eigenvalue weighted by atomic mass is 10.1. The maximum absolute atomic E-state index is 5.96. The number of hydrogen-bond donors (Lipinski definition) is 2.